The average molecular weight is 349 g/mol. The summed E-state index contributed by atoms with van der Waals surface area (Å²) in [7, 11) is 0. The Kier molecular flexibility index (Phi) is 2.59. The van der Waals surface area contributed by atoms with Gasteiger partial charge in [0.1, 0.15) is 5.60 Å². The third-order valence-corrected chi connectivity index (χ3v) is 5.19. The van der Waals surface area contributed by atoms with Crippen molar-refractivity contribution < 1.29 is 19.4 Å². The fourth-order valence-corrected chi connectivity index (χ4v) is 4.14. The van der Waals surface area contributed by atoms with Gasteiger partial charge in [0.15, 0.2) is 0 Å². The van der Waals surface area contributed by atoms with Gasteiger partial charge in [0.05, 0.1) is 24.3 Å². The number of carboxylic acid groups (broad SMARTS) is 1. The molecule has 0 unspecified atom stereocenters. The number of hydrogen-bond donors (Lipinski definition) is 0. The number of amides is 1. The summed E-state index contributed by atoms with van der Waals surface area (Å²) in [5, 5.41) is 11.4. The highest BCUT2D eigenvalue weighted by atomic mass is 79.9. The number of halogens is 1. The van der Waals surface area contributed by atoms with Gasteiger partial charge >= 0.3 is 0 Å². The lowest BCUT2D eigenvalue weighted by Gasteiger charge is -2.24. The molecule has 1 amide bonds. The number of carbonyl (C=O) groups is 2. The predicted molar refractivity (Wildman–Crippen MR) is 75.2 cm³/mol. The van der Waals surface area contributed by atoms with Crippen LogP contribution in [0.1, 0.15) is 0 Å². The second-order valence-corrected chi connectivity index (χ2v) is 6.45. The molecule has 1 aromatic carbocycles. The van der Waals surface area contributed by atoms with Crippen LogP contribution in [0.5, 0.6) is 0 Å². The molecule has 6 heteroatoms. The molecule has 0 aromatic heterocycles. The number of benzene rings is 1. The minimum absolute atomic E-state index is 0.219. The summed E-state index contributed by atoms with van der Waals surface area (Å²) in [6, 6.07) is 7.37. The molecule has 2 bridgehead atoms. The highest BCUT2D eigenvalue weighted by molar-refractivity contribution is 9.10. The largest absolute Gasteiger partial charge is 0.550 e. The summed E-state index contributed by atoms with van der Waals surface area (Å²) in [5.41, 5.74) is -0.106. The van der Waals surface area contributed by atoms with Crippen LogP contribution in [0.3, 0.4) is 0 Å². The van der Waals surface area contributed by atoms with Crippen LogP contribution < -0.4 is 10.0 Å². The molecule has 3 aliphatic heterocycles. The number of ether oxygens (including phenoxy) is 1. The second-order valence-electron chi connectivity index (χ2n) is 5.59. The lowest BCUT2D eigenvalue weighted by molar-refractivity contribution is -0.313. The third-order valence-electron chi connectivity index (χ3n) is 4.52. The molecule has 4 rings (SSSR count). The number of para-hydroxylation sites is 1. The molecule has 21 heavy (non-hydrogen) atoms. The first-order valence-electron chi connectivity index (χ1n) is 6.67. The van der Waals surface area contributed by atoms with Crippen LogP contribution in [0.4, 0.5) is 5.69 Å². The van der Waals surface area contributed by atoms with Gasteiger partial charge in [0.2, 0.25) is 5.91 Å². The van der Waals surface area contributed by atoms with E-state index in [1.165, 1.54) is 0 Å². The lowest BCUT2D eigenvalue weighted by Crippen LogP contribution is -2.45. The number of fused-ring (bicyclic) bond motifs is 1. The standard InChI is InChI=1S/C15H12BrNO4/c16-8-3-1-2-4-9(8)17-7-15-6-5-10(21-15)11(14(19)20)12(15)13(17)18/h1-6,10-12H,7H2,(H,19,20)/p-1/t10-,11-,12-,15+/m1/s1. The maximum absolute atomic E-state index is 12.7. The molecule has 0 aliphatic carbocycles. The summed E-state index contributed by atoms with van der Waals surface area (Å²) in [6.45, 7) is 0.329. The normalized spacial score (nSPS) is 36.3. The first-order valence-corrected chi connectivity index (χ1v) is 7.47. The maximum Gasteiger partial charge on any atom is 0.234 e. The number of carboxylic acids is 1. The summed E-state index contributed by atoms with van der Waals surface area (Å²) >= 11 is 3.43. The Morgan fingerprint density at radius 1 is 1.43 bits per heavy atom. The van der Waals surface area contributed by atoms with Crippen molar-refractivity contribution in [3.05, 3.63) is 40.9 Å². The molecule has 1 aromatic rings. The van der Waals surface area contributed by atoms with Crippen LogP contribution in [-0.2, 0) is 14.3 Å². The number of aliphatic carboxylic acids is 1. The zero-order valence-electron chi connectivity index (χ0n) is 10.9. The van der Waals surface area contributed by atoms with Crippen LogP contribution in [-0.4, -0.2) is 30.1 Å². The van der Waals surface area contributed by atoms with Gasteiger partial charge in [-0.1, -0.05) is 24.3 Å². The van der Waals surface area contributed by atoms with E-state index in [1.54, 1.807) is 11.0 Å². The van der Waals surface area contributed by atoms with E-state index in [-0.39, 0.29) is 5.91 Å². The maximum atomic E-state index is 12.7. The molecule has 0 saturated carbocycles. The molecule has 0 N–H and O–H groups in total. The third kappa shape index (κ3) is 1.60. The van der Waals surface area contributed by atoms with Crippen molar-refractivity contribution in [3.63, 3.8) is 0 Å². The number of anilines is 1. The van der Waals surface area contributed by atoms with Crippen molar-refractivity contribution in [2.75, 3.05) is 11.4 Å². The zero-order valence-corrected chi connectivity index (χ0v) is 12.4. The van der Waals surface area contributed by atoms with Crippen LogP contribution in [0.2, 0.25) is 0 Å². The van der Waals surface area contributed by atoms with Gasteiger partial charge < -0.3 is 19.5 Å². The van der Waals surface area contributed by atoms with E-state index in [1.807, 2.05) is 30.3 Å². The summed E-state index contributed by atoms with van der Waals surface area (Å²) in [4.78, 5) is 25.7. The Morgan fingerprint density at radius 3 is 2.90 bits per heavy atom. The predicted octanol–water partition coefficient (Wildman–Crippen LogP) is 0.485. The van der Waals surface area contributed by atoms with E-state index < -0.39 is 29.5 Å². The van der Waals surface area contributed by atoms with Gasteiger partial charge in [0.25, 0.3) is 0 Å². The fourth-order valence-electron chi connectivity index (χ4n) is 3.64. The SMILES string of the molecule is O=C([O-])[C@@H]1[C@H]2C=C[C@@]3(CN(c4ccccc4Br)C(=O)[C@@H]13)O2. The molecule has 1 spiro atoms. The van der Waals surface area contributed by atoms with Gasteiger partial charge in [-0.05, 0) is 28.1 Å². The molecule has 2 saturated heterocycles. The number of carbonyl (C=O) groups excluding carboxylic acids is 2. The van der Waals surface area contributed by atoms with Crippen molar-refractivity contribution >= 4 is 33.5 Å². The van der Waals surface area contributed by atoms with Gasteiger partial charge in [-0.15, -0.1) is 0 Å². The van der Waals surface area contributed by atoms with Crippen molar-refractivity contribution in [2.24, 2.45) is 11.8 Å². The van der Waals surface area contributed by atoms with Gasteiger partial charge in [-0.25, -0.2) is 0 Å². The minimum Gasteiger partial charge on any atom is -0.550 e. The van der Waals surface area contributed by atoms with Crippen molar-refractivity contribution in [1.29, 1.82) is 0 Å². The molecule has 3 aliphatic rings. The molecule has 3 heterocycles. The molecule has 5 nitrogen and oxygen atoms in total. The van der Waals surface area contributed by atoms with E-state index in [4.69, 9.17) is 4.74 Å². The molecule has 0 radical (unpaired) electrons. The van der Waals surface area contributed by atoms with E-state index in [0.717, 1.165) is 10.2 Å². The topological polar surface area (TPSA) is 69.7 Å². The average Bonchev–Trinajstić information content (AvgIpc) is 3.08. The summed E-state index contributed by atoms with van der Waals surface area (Å²) in [5.74, 6) is -3.05. The van der Waals surface area contributed by atoms with E-state index >= 15 is 0 Å². The smallest absolute Gasteiger partial charge is 0.234 e. The van der Waals surface area contributed by atoms with Crippen LogP contribution in [0, 0.1) is 11.8 Å². The molecule has 2 fully saturated rings. The van der Waals surface area contributed by atoms with E-state index in [9.17, 15) is 14.7 Å². The van der Waals surface area contributed by atoms with Crippen LogP contribution >= 0.6 is 15.9 Å². The minimum atomic E-state index is -1.22. The van der Waals surface area contributed by atoms with Gasteiger partial charge in [0, 0.05) is 16.4 Å². The van der Waals surface area contributed by atoms with Gasteiger partial charge in [-0.2, -0.15) is 0 Å². The van der Waals surface area contributed by atoms with Crippen molar-refractivity contribution in [2.45, 2.75) is 11.7 Å². The van der Waals surface area contributed by atoms with Crippen LogP contribution in [0.25, 0.3) is 0 Å². The highest BCUT2D eigenvalue weighted by Gasteiger charge is 2.65. The number of hydrogen-bond acceptors (Lipinski definition) is 4. The Morgan fingerprint density at radius 2 is 2.19 bits per heavy atom. The number of rotatable bonds is 2. The first-order chi connectivity index (χ1) is 10.0. The zero-order chi connectivity index (χ0) is 14.8. The van der Waals surface area contributed by atoms with E-state index in [0.29, 0.717) is 6.54 Å². The molecular formula is C15H11BrNO4-. The Hall–Kier alpha value is -1.66. The summed E-state index contributed by atoms with van der Waals surface area (Å²) in [6.07, 6.45) is 3.01. The van der Waals surface area contributed by atoms with Crippen molar-refractivity contribution in [1.82, 2.24) is 0 Å². The van der Waals surface area contributed by atoms with Gasteiger partial charge in [-0.3, -0.25) is 4.79 Å². The second kappa shape index (κ2) is 4.18. The molecule has 4 atom stereocenters. The molecule has 108 valence electrons. The highest BCUT2D eigenvalue weighted by Crippen LogP contribution is 2.52. The Bertz CT molecular complexity index is 688. The Labute approximate surface area is 129 Å². The lowest BCUT2D eigenvalue weighted by atomic mass is 9.77. The van der Waals surface area contributed by atoms with Crippen LogP contribution in [0.15, 0.2) is 40.9 Å². The molecular weight excluding hydrogens is 338 g/mol. The summed E-state index contributed by atoms with van der Waals surface area (Å²) < 4.78 is 6.60. The van der Waals surface area contributed by atoms with Crippen molar-refractivity contribution in [3.8, 4) is 0 Å². The number of nitrogens with zero attached hydrogens (tertiary/aromatic N) is 1. The quantitative estimate of drug-likeness (QED) is 0.729. The van der Waals surface area contributed by atoms with E-state index in [2.05, 4.69) is 15.9 Å². The fraction of sp³-hybridized carbons (Fsp3) is 0.333. The Balaban J connectivity index is 1.78. The monoisotopic (exact) mass is 348 g/mol. The first kappa shape index (κ1) is 13.0.